The molecule has 1 amide bonds. The van der Waals surface area contributed by atoms with E-state index >= 15 is 0 Å². The minimum atomic E-state index is -0.325. The zero-order valence-electron chi connectivity index (χ0n) is 11.8. The molecule has 0 spiro atoms. The number of piperidine rings is 1. The second kappa shape index (κ2) is 5.63. The van der Waals surface area contributed by atoms with Crippen LogP contribution < -0.4 is 0 Å². The molecule has 0 saturated carbocycles. The summed E-state index contributed by atoms with van der Waals surface area (Å²) in [6.45, 7) is 2.44. The van der Waals surface area contributed by atoms with Gasteiger partial charge in [-0.1, -0.05) is 0 Å². The van der Waals surface area contributed by atoms with Gasteiger partial charge in [0.1, 0.15) is 18.0 Å². The minimum Gasteiger partial charge on any atom is -0.328 e. The molecule has 2 heterocycles. The molecule has 110 valence electrons. The van der Waals surface area contributed by atoms with E-state index in [-0.39, 0.29) is 17.8 Å². The lowest BCUT2D eigenvalue weighted by molar-refractivity contribution is 0.0599. The molecule has 0 aliphatic carbocycles. The molecule has 1 N–H and O–H groups in total. The third kappa shape index (κ3) is 2.66. The second-order valence-electron chi connectivity index (χ2n) is 5.34. The first-order valence-corrected chi connectivity index (χ1v) is 7.09. The topological polar surface area (TPSA) is 61.9 Å². The van der Waals surface area contributed by atoms with Crippen molar-refractivity contribution < 1.29 is 9.18 Å². The van der Waals surface area contributed by atoms with Crippen LogP contribution in [0.15, 0.2) is 24.5 Å². The second-order valence-corrected chi connectivity index (χ2v) is 5.34. The van der Waals surface area contributed by atoms with Gasteiger partial charge in [0, 0.05) is 12.1 Å². The highest BCUT2D eigenvalue weighted by Gasteiger charge is 2.31. The summed E-state index contributed by atoms with van der Waals surface area (Å²) in [5.74, 6) is 0.311. The van der Waals surface area contributed by atoms with Gasteiger partial charge >= 0.3 is 0 Å². The van der Waals surface area contributed by atoms with E-state index in [1.54, 1.807) is 13.0 Å². The smallest absolute Gasteiger partial charge is 0.254 e. The number of benzene rings is 1. The molecule has 1 aromatic carbocycles. The highest BCUT2D eigenvalue weighted by atomic mass is 19.1. The molecule has 2 aromatic rings. The number of carbonyl (C=O) groups is 1. The molecule has 0 radical (unpaired) electrons. The van der Waals surface area contributed by atoms with E-state index in [0.29, 0.717) is 23.5 Å². The Morgan fingerprint density at radius 1 is 1.43 bits per heavy atom. The summed E-state index contributed by atoms with van der Waals surface area (Å²) in [5, 5.41) is 6.72. The average Bonchev–Trinajstić information content (AvgIpc) is 3.01. The van der Waals surface area contributed by atoms with Crippen molar-refractivity contribution in [1.82, 2.24) is 20.1 Å². The van der Waals surface area contributed by atoms with Crippen LogP contribution in [0.25, 0.3) is 0 Å². The summed E-state index contributed by atoms with van der Waals surface area (Å²) in [7, 11) is 0. The lowest BCUT2D eigenvalue weighted by Crippen LogP contribution is -2.39. The number of rotatable bonds is 2. The fraction of sp³-hybridized carbons (Fsp3) is 0.400. The Balaban J connectivity index is 1.91. The average molecular weight is 288 g/mol. The van der Waals surface area contributed by atoms with E-state index < -0.39 is 0 Å². The molecule has 1 aliphatic heterocycles. The first-order chi connectivity index (χ1) is 10.2. The molecule has 1 aromatic heterocycles. The van der Waals surface area contributed by atoms with Gasteiger partial charge in [-0.25, -0.2) is 9.37 Å². The molecule has 1 saturated heterocycles. The van der Waals surface area contributed by atoms with Crippen molar-refractivity contribution in [3.8, 4) is 0 Å². The van der Waals surface area contributed by atoms with Crippen LogP contribution in [0.4, 0.5) is 4.39 Å². The standard InChI is InChI=1S/C15H17FN4O/c1-10-8-11(16)5-6-12(10)15(21)20-7-3-2-4-13(20)14-17-9-18-19-14/h5-6,8-9,13H,2-4,7H2,1H3,(H,17,18,19). The summed E-state index contributed by atoms with van der Waals surface area (Å²) < 4.78 is 13.2. The van der Waals surface area contributed by atoms with Gasteiger partial charge in [0.15, 0.2) is 0 Å². The minimum absolute atomic E-state index is 0.0754. The molecule has 0 bridgehead atoms. The van der Waals surface area contributed by atoms with E-state index in [2.05, 4.69) is 15.2 Å². The number of likely N-dealkylation sites (tertiary alicyclic amines) is 1. The zero-order chi connectivity index (χ0) is 14.8. The van der Waals surface area contributed by atoms with Gasteiger partial charge in [-0.2, -0.15) is 5.10 Å². The Bertz CT molecular complexity index is 641. The molecular weight excluding hydrogens is 271 g/mol. The number of H-pyrrole nitrogens is 1. The Labute approximate surface area is 122 Å². The first-order valence-electron chi connectivity index (χ1n) is 7.09. The van der Waals surface area contributed by atoms with Crippen molar-refractivity contribution in [3.63, 3.8) is 0 Å². The molecule has 3 rings (SSSR count). The number of aromatic amines is 1. The van der Waals surface area contributed by atoms with Gasteiger partial charge < -0.3 is 4.90 Å². The Hall–Kier alpha value is -2.24. The Morgan fingerprint density at radius 3 is 3.00 bits per heavy atom. The highest BCUT2D eigenvalue weighted by molar-refractivity contribution is 5.95. The summed E-state index contributed by atoms with van der Waals surface area (Å²) in [5.41, 5.74) is 1.20. The van der Waals surface area contributed by atoms with E-state index in [0.717, 1.165) is 19.3 Å². The highest BCUT2D eigenvalue weighted by Crippen LogP contribution is 2.30. The third-order valence-corrected chi connectivity index (χ3v) is 3.93. The summed E-state index contributed by atoms with van der Waals surface area (Å²) in [6, 6.07) is 4.19. The number of nitrogens with zero attached hydrogens (tertiary/aromatic N) is 3. The molecule has 21 heavy (non-hydrogen) atoms. The quantitative estimate of drug-likeness (QED) is 0.924. The van der Waals surface area contributed by atoms with Crippen molar-refractivity contribution in [2.75, 3.05) is 6.54 Å². The SMILES string of the molecule is Cc1cc(F)ccc1C(=O)N1CCCCC1c1ncn[nH]1. The summed E-state index contributed by atoms with van der Waals surface area (Å²) in [6.07, 6.45) is 4.34. The van der Waals surface area contributed by atoms with E-state index in [1.165, 1.54) is 18.5 Å². The largest absolute Gasteiger partial charge is 0.328 e. The van der Waals surface area contributed by atoms with Crippen molar-refractivity contribution in [2.45, 2.75) is 32.2 Å². The predicted molar refractivity (Wildman–Crippen MR) is 75.1 cm³/mol. The van der Waals surface area contributed by atoms with Crippen LogP contribution in [0, 0.1) is 12.7 Å². The maximum Gasteiger partial charge on any atom is 0.254 e. The number of hydrogen-bond donors (Lipinski definition) is 1. The van der Waals surface area contributed by atoms with Gasteiger partial charge in [-0.05, 0) is 49.9 Å². The maximum absolute atomic E-state index is 13.2. The fourth-order valence-electron chi connectivity index (χ4n) is 2.86. The van der Waals surface area contributed by atoms with Crippen LogP contribution in [0.2, 0.25) is 0 Å². The summed E-state index contributed by atoms with van der Waals surface area (Å²) in [4.78, 5) is 18.8. The number of hydrogen-bond acceptors (Lipinski definition) is 3. The first kappa shape index (κ1) is 13.7. The van der Waals surface area contributed by atoms with Crippen LogP contribution in [-0.4, -0.2) is 32.5 Å². The van der Waals surface area contributed by atoms with E-state index in [9.17, 15) is 9.18 Å². The van der Waals surface area contributed by atoms with Crippen LogP contribution >= 0.6 is 0 Å². The number of halogens is 1. The Morgan fingerprint density at radius 2 is 2.29 bits per heavy atom. The Kier molecular flexibility index (Phi) is 3.68. The van der Waals surface area contributed by atoms with E-state index in [4.69, 9.17) is 0 Å². The number of carbonyl (C=O) groups excluding carboxylic acids is 1. The van der Waals surface area contributed by atoms with Crippen molar-refractivity contribution in [1.29, 1.82) is 0 Å². The van der Waals surface area contributed by atoms with Gasteiger partial charge in [0.05, 0.1) is 6.04 Å². The van der Waals surface area contributed by atoms with Crippen molar-refractivity contribution in [2.24, 2.45) is 0 Å². The number of aryl methyl sites for hydroxylation is 1. The number of aromatic nitrogens is 3. The van der Waals surface area contributed by atoms with Crippen molar-refractivity contribution >= 4 is 5.91 Å². The molecule has 6 heteroatoms. The van der Waals surface area contributed by atoms with E-state index in [1.807, 2.05) is 4.90 Å². The lowest BCUT2D eigenvalue weighted by atomic mass is 9.99. The maximum atomic E-state index is 13.2. The molecule has 1 fully saturated rings. The van der Waals surface area contributed by atoms with Crippen LogP contribution in [-0.2, 0) is 0 Å². The third-order valence-electron chi connectivity index (χ3n) is 3.93. The molecular formula is C15H17FN4O. The van der Waals surface area contributed by atoms with Crippen LogP contribution in [0.5, 0.6) is 0 Å². The van der Waals surface area contributed by atoms with Crippen LogP contribution in [0.3, 0.4) is 0 Å². The number of amides is 1. The fourth-order valence-corrected chi connectivity index (χ4v) is 2.86. The number of nitrogens with one attached hydrogen (secondary N) is 1. The molecule has 1 atom stereocenters. The van der Waals surface area contributed by atoms with Gasteiger partial charge in [0.2, 0.25) is 0 Å². The normalized spacial score (nSPS) is 18.8. The predicted octanol–water partition coefficient (Wildman–Crippen LogP) is 2.62. The lowest BCUT2D eigenvalue weighted by Gasteiger charge is -2.34. The molecule has 1 unspecified atom stereocenters. The van der Waals surface area contributed by atoms with Crippen molar-refractivity contribution in [3.05, 3.63) is 47.3 Å². The summed E-state index contributed by atoms with van der Waals surface area (Å²) >= 11 is 0. The van der Waals surface area contributed by atoms with Gasteiger partial charge in [-0.3, -0.25) is 9.89 Å². The van der Waals surface area contributed by atoms with Crippen LogP contribution in [0.1, 0.15) is 47.1 Å². The van der Waals surface area contributed by atoms with Gasteiger partial charge in [0.25, 0.3) is 5.91 Å². The molecule has 5 nitrogen and oxygen atoms in total. The van der Waals surface area contributed by atoms with Gasteiger partial charge in [-0.15, -0.1) is 0 Å². The molecule has 1 aliphatic rings. The monoisotopic (exact) mass is 288 g/mol. The zero-order valence-corrected chi connectivity index (χ0v) is 11.8.